The fourth-order valence-corrected chi connectivity index (χ4v) is 5.37. The van der Waals surface area contributed by atoms with Gasteiger partial charge >= 0.3 is 0 Å². The van der Waals surface area contributed by atoms with Gasteiger partial charge in [0.25, 0.3) is 5.91 Å². The Hall–Kier alpha value is -4.27. The van der Waals surface area contributed by atoms with E-state index in [2.05, 4.69) is 27.3 Å². The van der Waals surface area contributed by atoms with E-state index in [1.807, 2.05) is 55.5 Å². The average Bonchev–Trinajstić information content (AvgIpc) is 2.97. The largest absolute Gasteiger partial charge is 0.489 e. The Balaban J connectivity index is 1.23. The highest BCUT2D eigenvalue weighted by Crippen LogP contribution is 2.24. The molecular weight excluding hydrogens is 504 g/mol. The number of para-hydroxylation sites is 1. The number of nitrogens with zero attached hydrogens (tertiary/aromatic N) is 2. The number of likely N-dealkylation sites (tertiary alicyclic amines) is 1. The van der Waals surface area contributed by atoms with Crippen LogP contribution in [0.15, 0.2) is 84.9 Å². The summed E-state index contributed by atoms with van der Waals surface area (Å²) in [6, 6.07) is 27.1. The number of ether oxygens (including phenoxy) is 1. The summed E-state index contributed by atoms with van der Waals surface area (Å²) in [6.45, 7) is 4.55. The molecule has 1 aromatic heterocycles. The van der Waals surface area contributed by atoms with Gasteiger partial charge in [0, 0.05) is 47.8 Å². The van der Waals surface area contributed by atoms with E-state index in [-0.39, 0.29) is 24.3 Å². The smallest absolute Gasteiger partial charge is 0.251 e. The highest BCUT2D eigenvalue weighted by atomic mass is 16.5. The third kappa shape index (κ3) is 6.83. The number of hydrogen-bond donors (Lipinski definition) is 3. The van der Waals surface area contributed by atoms with Crippen molar-refractivity contribution < 1.29 is 19.5 Å². The second-order valence-electron chi connectivity index (χ2n) is 10.3. The summed E-state index contributed by atoms with van der Waals surface area (Å²) in [5.74, 6) is -0.0636. The molecule has 1 aliphatic heterocycles. The number of nitrogens with one attached hydrogen (secondary N) is 2. The van der Waals surface area contributed by atoms with Crippen molar-refractivity contribution in [2.45, 2.75) is 39.0 Å². The van der Waals surface area contributed by atoms with Gasteiger partial charge in [-0.3, -0.25) is 24.7 Å². The number of carbonyl (C=O) groups excluding carboxylic acids is 2. The zero-order chi connectivity index (χ0) is 27.9. The van der Waals surface area contributed by atoms with Crippen molar-refractivity contribution in [3.8, 4) is 5.75 Å². The van der Waals surface area contributed by atoms with E-state index in [4.69, 9.17) is 9.94 Å². The number of fused-ring (bicyclic) bond motifs is 1. The van der Waals surface area contributed by atoms with Gasteiger partial charge in [0.15, 0.2) is 0 Å². The van der Waals surface area contributed by atoms with Crippen LogP contribution in [0.1, 0.15) is 40.0 Å². The minimum Gasteiger partial charge on any atom is -0.489 e. The van der Waals surface area contributed by atoms with Crippen LogP contribution in [0.2, 0.25) is 0 Å². The van der Waals surface area contributed by atoms with E-state index in [0.29, 0.717) is 24.5 Å². The molecule has 8 heteroatoms. The molecule has 3 N–H and O–H groups in total. The van der Waals surface area contributed by atoms with E-state index < -0.39 is 5.91 Å². The highest BCUT2D eigenvalue weighted by Gasteiger charge is 2.32. The lowest BCUT2D eigenvalue weighted by atomic mass is 9.88. The molecule has 0 spiro atoms. The van der Waals surface area contributed by atoms with Gasteiger partial charge in [-0.25, -0.2) is 5.48 Å². The maximum atomic E-state index is 13.2. The van der Waals surface area contributed by atoms with Gasteiger partial charge < -0.3 is 10.1 Å². The fourth-order valence-electron chi connectivity index (χ4n) is 5.37. The van der Waals surface area contributed by atoms with Gasteiger partial charge in [-0.15, -0.1) is 0 Å². The van der Waals surface area contributed by atoms with Gasteiger partial charge in [0.05, 0.1) is 5.52 Å². The summed E-state index contributed by atoms with van der Waals surface area (Å²) < 4.78 is 6.05. The van der Waals surface area contributed by atoms with Crippen molar-refractivity contribution in [2.75, 3.05) is 13.1 Å². The molecule has 3 aromatic carbocycles. The van der Waals surface area contributed by atoms with E-state index >= 15 is 0 Å². The SMILES string of the molecule is Cc1cc(COc2ccc(C(=O)N[C@@H]3CN(Cc4ccccc4)CC[C@H]3CC(=O)NO)cc2)c2ccccc2n1. The van der Waals surface area contributed by atoms with Gasteiger partial charge in [-0.2, -0.15) is 0 Å². The second-order valence-corrected chi connectivity index (χ2v) is 10.3. The molecule has 0 bridgehead atoms. The summed E-state index contributed by atoms with van der Waals surface area (Å²) in [5.41, 5.74) is 6.37. The zero-order valence-electron chi connectivity index (χ0n) is 22.5. The monoisotopic (exact) mass is 538 g/mol. The van der Waals surface area contributed by atoms with Gasteiger partial charge in [0.2, 0.25) is 5.91 Å². The Morgan fingerprint density at radius 2 is 1.77 bits per heavy atom. The normalized spacial score (nSPS) is 17.4. The number of carbonyl (C=O) groups is 2. The van der Waals surface area contributed by atoms with Gasteiger partial charge in [-0.05, 0) is 67.8 Å². The Kier molecular flexibility index (Phi) is 8.68. The molecule has 1 aliphatic rings. The molecule has 8 nitrogen and oxygen atoms in total. The first-order valence-electron chi connectivity index (χ1n) is 13.6. The van der Waals surface area contributed by atoms with Crippen LogP contribution in [-0.4, -0.2) is 46.0 Å². The van der Waals surface area contributed by atoms with Crippen molar-refractivity contribution in [1.29, 1.82) is 0 Å². The summed E-state index contributed by atoms with van der Waals surface area (Å²) in [5, 5.41) is 13.3. The molecule has 2 heterocycles. The van der Waals surface area contributed by atoms with Crippen LogP contribution in [0.3, 0.4) is 0 Å². The fraction of sp³-hybridized carbons (Fsp3) is 0.281. The van der Waals surface area contributed by atoms with Crippen LogP contribution in [0.5, 0.6) is 5.75 Å². The van der Waals surface area contributed by atoms with Crippen molar-refractivity contribution >= 4 is 22.7 Å². The van der Waals surface area contributed by atoms with Crippen LogP contribution in [-0.2, 0) is 17.9 Å². The number of piperidine rings is 1. The predicted molar refractivity (Wildman–Crippen MR) is 153 cm³/mol. The topological polar surface area (TPSA) is 104 Å². The zero-order valence-corrected chi connectivity index (χ0v) is 22.5. The lowest BCUT2D eigenvalue weighted by molar-refractivity contribution is -0.130. The molecule has 1 fully saturated rings. The molecular formula is C32H34N4O4. The molecule has 4 aromatic rings. The average molecular weight is 539 g/mol. The van der Waals surface area contributed by atoms with Crippen LogP contribution in [0.4, 0.5) is 0 Å². The minimum atomic E-state index is -0.445. The van der Waals surface area contributed by atoms with Gasteiger partial charge in [0.1, 0.15) is 12.4 Å². The lowest BCUT2D eigenvalue weighted by Gasteiger charge is -2.38. The van der Waals surface area contributed by atoms with Gasteiger partial charge in [-0.1, -0.05) is 48.5 Å². The molecule has 1 saturated heterocycles. The number of aryl methyl sites for hydroxylation is 1. The highest BCUT2D eigenvalue weighted by molar-refractivity contribution is 5.94. The van der Waals surface area contributed by atoms with E-state index in [1.165, 1.54) is 5.56 Å². The first kappa shape index (κ1) is 27.3. The quantitative estimate of drug-likeness (QED) is 0.212. The molecule has 0 radical (unpaired) electrons. The lowest BCUT2D eigenvalue weighted by Crippen LogP contribution is -2.53. The number of aromatic nitrogens is 1. The number of hydrogen-bond acceptors (Lipinski definition) is 6. The summed E-state index contributed by atoms with van der Waals surface area (Å²) in [7, 11) is 0. The maximum Gasteiger partial charge on any atom is 0.251 e. The van der Waals surface area contributed by atoms with Crippen molar-refractivity contribution in [1.82, 2.24) is 20.7 Å². The standard InChI is InChI=1S/C32H34N4O4/c1-22-17-26(28-9-5-6-10-29(28)33-22)21-40-27-13-11-24(12-14-27)32(38)34-30-20-36(19-23-7-3-2-4-8-23)16-15-25(30)18-31(37)35-39/h2-14,17,25,30,39H,15-16,18-21H2,1H3,(H,34,38)(H,35,37)/t25-,30+/m0/s1. The first-order chi connectivity index (χ1) is 19.5. The third-order valence-electron chi connectivity index (χ3n) is 7.42. The number of hydroxylamine groups is 1. The van der Waals surface area contributed by atoms with Crippen molar-refractivity contribution in [2.24, 2.45) is 5.92 Å². The van der Waals surface area contributed by atoms with Crippen LogP contribution in [0, 0.1) is 12.8 Å². The van der Waals surface area contributed by atoms with Crippen LogP contribution >= 0.6 is 0 Å². The molecule has 40 heavy (non-hydrogen) atoms. The summed E-state index contributed by atoms with van der Waals surface area (Å²) in [4.78, 5) is 32.0. The second kappa shape index (κ2) is 12.7. The number of amides is 2. The van der Waals surface area contributed by atoms with E-state index in [1.54, 1.807) is 29.7 Å². The molecule has 0 saturated carbocycles. The van der Waals surface area contributed by atoms with Crippen molar-refractivity contribution in [3.05, 3.63) is 107 Å². The van der Waals surface area contributed by atoms with E-state index in [0.717, 1.165) is 41.7 Å². The molecule has 0 unspecified atom stereocenters. The number of pyridine rings is 1. The predicted octanol–water partition coefficient (Wildman–Crippen LogP) is 4.64. The molecule has 2 atom stereocenters. The van der Waals surface area contributed by atoms with Crippen LogP contribution in [0.25, 0.3) is 10.9 Å². The number of benzene rings is 3. The molecule has 5 rings (SSSR count). The number of rotatable bonds is 9. The Morgan fingerprint density at radius 1 is 1.02 bits per heavy atom. The third-order valence-corrected chi connectivity index (χ3v) is 7.42. The maximum absolute atomic E-state index is 13.2. The Morgan fingerprint density at radius 3 is 2.55 bits per heavy atom. The molecule has 0 aliphatic carbocycles. The first-order valence-corrected chi connectivity index (χ1v) is 13.6. The molecule has 2 amide bonds. The summed E-state index contributed by atoms with van der Waals surface area (Å²) in [6.07, 6.45) is 0.887. The van der Waals surface area contributed by atoms with Crippen molar-refractivity contribution in [3.63, 3.8) is 0 Å². The Bertz CT molecular complexity index is 1460. The van der Waals surface area contributed by atoms with E-state index in [9.17, 15) is 9.59 Å². The summed E-state index contributed by atoms with van der Waals surface area (Å²) >= 11 is 0. The Labute approximate surface area is 233 Å². The minimum absolute atomic E-state index is 0.0793. The molecule has 206 valence electrons. The van der Waals surface area contributed by atoms with Crippen LogP contribution < -0.4 is 15.5 Å².